The van der Waals surface area contributed by atoms with E-state index >= 15 is 0 Å². The van der Waals surface area contributed by atoms with Crippen LogP contribution in [0.5, 0.6) is 0 Å². The summed E-state index contributed by atoms with van der Waals surface area (Å²) >= 11 is 0. The van der Waals surface area contributed by atoms with E-state index in [1.807, 2.05) is 6.92 Å². The predicted octanol–water partition coefficient (Wildman–Crippen LogP) is 2.60. The highest BCUT2D eigenvalue weighted by Crippen LogP contribution is 2.42. The molecule has 0 radical (unpaired) electrons. The maximum Gasteiger partial charge on any atom is 0.132 e. The van der Waals surface area contributed by atoms with Gasteiger partial charge in [-0.15, -0.1) is 0 Å². The average Bonchev–Trinajstić information content (AvgIpc) is 2.74. The van der Waals surface area contributed by atoms with Crippen LogP contribution in [0.4, 0.5) is 8.78 Å². The lowest BCUT2D eigenvalue weighted by atomic mass is 9.85. The van der Waals surface area contributed by atoms with Crippen LogP contribution in [0.25, 0.3) is 0 Å². The minimum atomic E-state index is -0.717. The van der Waals surface area contributed by atoms with E-state index < -0.39 is 17.2 Å². The highest BCUT2D eigenvalue weighted by Gasteiger charge is 2.41. The molecule has 1 fully saturated rings. The molecule has 94 valence electrons. The van der Waals surface area contributed by atoms with E-state index in [0.717, 1.165) is 6.07 Å². The van der Waals surface area contributed by atoms with Gasteiger partial charge in [0, 0.05) is 24.2 Å². The largest absolute Gasteiger partial charge is 0.396 e. The van der Waals surface area contributed by atoms with Crippen LogP contribution in [-0.2, 0) is 10.3 Å². The molecule has 1 aromatic carbocycles. The molecular weight excluding hydrogens is 226 g/mol. The third kappa shape index (κ3) is 2.19. The molecule has 2 rings (SSSR count). The standard InChI is InChI=1S/C13H16F2O2/c1-2-13(6-9(7-16)8-17-13)11-4-3-10(14)5-12(11)15/h3-5,9,16H,2,6-8H2,1H3/t9?,13-/m0/s1. The lowest BCUT2D eigenvalue weighted by molar-refractivity contribution is -0.00727. The number of rotatable bonds is 3. The molecule has 0 bridgehead atoms. The van der Waals surface area contributed by atoms with Crippen LogP contribution in [0, 0.1) is 17.6 Å². The van der Waals surface area contributed by atoms with E-state index in [0.29, 0.717) is 25.0 Å². The molecule has 1 N–H and O–H groups in total. The molecule has 2 nitrogen and oxygen atoms in total. The predicted molar refractivity (Wildman–Crippen MR) is 59.5 cm³/mol. The lowest BCUT2D eigenvalue weighted by Crippen LogP contribution is -2.25. The van der Waals surface area contributed by atoms with Crippen molar-refractivity contribution in [1.82, 2.24) is 0 Å². The van der Waals surface area contributed by atoms with Crippen molar-refractivity contribution >= 4 is 0 Å². The van der Waals surface area contributed by atoms with Crippen molar-refractivity contribution in [3.05, 3.63) is 35.4 Å². The first-order valence-electron chi connectivity index (χ1n) is 5.81. The van der Waals surface area contributed by atoms with Crippen LogP contribution in [-0.4, -0.2) is 18.3 Å². The first-order chi connectivity index (χ1) is 8.11. The number of hydrogen-bond acceptors (Lipinski definition) is 2. The number of ether oxygens (including phenoxy) is 1. The Bertz CT molecular complexity index is 408. The molecule has 1 aliphatic rings. The number of halogens is 2. The molecule has 0 amide bonds. The third-order valence-electron chi connectivity index (χ3n) is 3.47. The van der Waals surface area contributed by atoms with Crippen LogP contribution in [0.1, 0.15) is 25.3 Å². The molecule has 0 aromatic heterocycles. The molecule has 17 heavy (non-hydrogen) atoms. The smallest absolute Gasteiger partial charge is 0.132 e. The Hall–Kier alpha value is -1.00. The van der Waals surface area contributed by atoms with Gasteiger partial charge in [0.25, 0.3) is 0 Å². The maximum atomic E-state index is 13.8. The van der Waals surface area contributed by atoms with Gasteiger partial charge in [-0.05, 0) is 18.9 Å². The fourth-order valence-corrected chi connectivity index (χ4v) is 2.46. The number of hydrogen-bond donors (Lipinski definition) is 1. The zero-order valence-corrected chi connectivity index (χ0v) is 9.75. The van der Waals surface area contributed by atoms with Crippen molar-refractivity contribution in [2.45, 2.75) is 25.4 Å². The van der Waals surface area contributed by atoms with Gasteiger partial charge >= 0.3 is 0 Å². The fourth-order valence-electron chi connectivity index (χ4n) is 2.46. The molecule has 0 saturated carbocycles. The van der Waals surface area contributed by atoms with Gasteiger partial charge in [0.1, 0.15) is 11.6 Å². The molecule has 2 atom stereocenters. The first kappa shape index (κ1) is 12.5. The molecule has 1 heterocycles. The molecule has 0 spiro atoms. The van der Waals surface area contributed by atoms with Gasteiger partial charge in [-0.2, -0.15) is 0 Å². The molecule has 1 aromatic rings. The van der Waals surface area contributed by atoms with E-state index in [9.17, 15) is 8.78 Å². The van der Waals surface area contributed by atoms with Gasteiger partial charge in [-0.25, -0.2) is 8.78 Å². The highest BCUT2D eigenvalue weighted by molar-refractivity contribution is 5.26. The van der Waals surface area contributed by atoms with Gasteiger partial charge in [0.05, 0.1) is 12.2 Å². The Morgan fingerprint density at radius 2 is 2.24 bits per heavy atom. The SMILES string of the molecule is CC[C@@]1(c2ccc(F)cc2F)CC(CO)CO1. The van der Waals surface area contributed by atoms with Gasteiger partial charge in [0.2, 0.25) is 0 Å². The van der Waals surface area contributed by atoms with Crippen LogP contribution in [0.15, 0.2) is 18.2 Å². The molecule has 1 saturated heterocycles. The first-order valence-corrected chi connectivity index (χ1v) is 5.81. The van der Waals surface area contributed by atoms with Crippen LogP contribution in [0.2, 0.25) is 0 Å². The minimum absolute atomic E-state index is 0.0272. The zero-order valence-electron chi connectivity index (χ0n) is 9.75. The number of aliphatic hydroxyl groups excluding tert-OH is 1. The fraction of sp³-hybridized carbons (Fsp3) is 0.538. The van der Waals surface area contributed by atoms with Gasteiger partial charge in [0.15, 0.2) is 0 Å². The van der Waals surface area contributed by atoms with E-state index in [2.05, 4.69) is 0 Å². The van der Waals surface area contributed by atoms with Crippen molar-refractivity contribution < 1.29 is 18.6 Å². The van der Waals surface area contributed by atoms with Crippen molar-refractivity contribution in [1.29, 1.82) is 0 Å². The summed E-state index contributed by atoms with van der Waals surface area (Å²) in [7, 11) is 0. The number of aliphatic hydroxyl groups is 1. The lowest BCUT2D eigenvalue weighted by Gasteiger charge is -2.28. The molecule has 1 unspecified atom stereocenters. The molecular formula is C13H16F2O2. The van der Waals surface area contributed by atoms with Gasteiger partial charge in [-0.3, -0.25) is 0 Å². The average molecular weight is 242 g/mol. The quantitative estimate of drug-likeness (QED) is 0.882. The second-order valence-electron chi connectivity index (χ2n) is 4.54. The summed E-state index contributed by atoms with van der Waals surface area (Å²) in [6.07, 6.45) is 1.18. The van der Waals surface area contributed by atoms with Crippen LogP contribution < -0.4 is 0 Å². The second-order valence-corrected chi connectivity index (χ2v) is 4.54. The number of benzene rings is 1. The summed E-state index contributed by atoms with van der Waals surface area (Å²) in [5.41, 5.74) is -0.331. The summed E-state index contributed by atoms with van der Waals surface area (Å²) in [4.78, 5) is 0. The third-order valence-corrected chi connectivity index (χ3v) is 3.47. The summed E-state index contributed by atoms with van der Waals surface area (Å²) in [6, 6.07) is 3.56. The Kier molecular flexibility index (Phi) is 3.45. The molecule has 4 heteroatoms. The summed E-state index contributed by atoms with van der Waals surface area (Å²) in [5, 5.41) is 9.12. The van der Waals surface area contributed by atoms with Crippen LogP contribution in [0.3, 0.4) is 0 Å². The van der Waals surface area contributed by atoms with E-state index in [1.165, 1.54) is 12.1 Å². The van der Waals surface area contributed by atoms with E-state index in [-0.39, 0.29) is 12.5 Å². The van der Waals surface area contributed by atoms with Crippen molar-refractivity contribution in [2.75, 3.05) is 13.2 Å². The minimum Gasteiger partial charge on any atom is -0.396 e. The van der Waals surface area contributed by atoms with Gasteiger partial charge in [-0.1, -0.05) is 13.0 Å². The molecule has 0 aliphatic carbocycles. The summed E-state index contributed by atoms with van der Waals surface area (Å²) < 4.78 is 32.3. The van der Waals surface area contributed by atoms with Crippen molar-refractivity contribution in [2.24, 2.45) is 5.92 Å². The maximum absolute atomic E-state index is 13.8. The Balaban J connectivity index is 2.35. The Morgan fingerprint density at radius 1 is 1.47 bits per heavy atom. The topological polar surface area (TPSA) is 29.5 Å². The zero-order chi connectivity index (χ0) is 12.5. The summed E-state index contributed by atoms with van der Waals surface area (Å²) in [6.45, 7) is 2.36. The van der Waals surface area contributed by atoms with Crippen LogP contribution >= 0.6 is 0 Å². The normalized spacial score (nSPS) is 28.6. The van der Waals surface area contributed by atoms with E-state index in [4.69, 9.17) is 9.84 Å². The van der Waals surface area contributed by atoms with Crippen molar-refractivity contribution in [3.8, 4) is 0 Å². The second kappa shape index (κ2) is 4.70. The Morgan fingerprint density at radius 3 is 2.76 bits per heavy atom. The molecule has 1 aliphatic heterocycles. The van der Waals surface area contributed by atoms with Crippen molar-refractivity contribution in [3.63, 3.8) is 0 Å². The van der Waals surface area contributed by atoms with Gasteiger partial charge < -0.3 is 9.84 Å². The highest BCUT2D eigenvalue weighted by atomic mass is 19.1. The summed E-state index contributed by atoms with van der Waals surface area (Å²) in [5.74, 6) is -1.14. The van der Waals surface area contributed by atoms with E-state index in [1.54, 1.807) is 0 Å². The Labute approximate surface area is 99.2 Å². The monoisotopic (exact) mass is 242 g/mol.